The molecule has 3 rings (SSSR count). The van der Waals surface area contributed by atoms with Gasteiger partial charge in [0.15, 0.2) is 5.96 Å². The van der Waals surface area contributed by atoms with Gasteiger partial charge >= 0.3 is 0 Å². The SMILES string of the molecule is CCNC(=NCc1cc(F)ccc1F)NCc1coc(-c2ccccc2)n1. The molecule has 27 heavy (non-hydrogen) atoms. The molecule has 0 radical (unpaired) electrons. The maximum atomic E-state index is 13.7. The van der Waals surface area contributed by atoms with Gasteiger partial charge < -0.3 is 15.1 Å². The van der Waals surface area contributed by atoms with Crippen LogP contribution in [0.4, 0.5) is 8.78 Å². The number of oxazole rings is 1. The highest BCUT2D eigenvalue weighted by Gasteiger charge is 2.08. The fraction of sp³-hybridized carbons (Fsp3) is 0.200. The van der Waals surface area contributed by atoms with Gasteiger partial charge in [-0.1, -0.05) is 18.2 Å². The lowest BCUT2D eigenvalue weighted by molar-refractivity contribution is 0.572. The average Bonchev–Trinajstić information content (AvgIpc) is 3.16. The molecule has 0 bridgehead atoms. The molecule has 1 aromatic heterocycles. The zero-order valence-electron chi connectivity index (χ0n) is 14.9. The minimum atomic E-state index is -0.490. The second-order valence-corrected chi connectivity index (χ2v) is 5.79. The van der Waals surface area contributed by atoms with Crippen molar-refractivity contribution < 1.29 is 13.2 Å². The second-order valence-electron chi connectivity index (χ2n) is 5.79. The maximum Gasteiger partial charge on any atom is 0.226 e. The molecule has 5 nitrogen and oxygen atoms in total. The highest BCUT2D eigenvalue weighted by atomic mass is 19.1. The smallest absolute Gasteiger partial charge is 0.226 e. The predicted octanol–water partition coefficient (Wildman–Crippen LogP) is 3.88. The summed E-state index contributed by atoms with van der Waals surface area (Å²) in [5.41, 5.74) is 1.79. The van der Waals surface area contributed by atoms with E-state index in [9.17, 15) is 8.78 Å². The van der Waals surface area contributed by atoms with Crippen molar-refractivity contribution in [3.8, 4) is 11.5 Å². The first-order valence-corrected chi connectivity index (χ1v) is 8.61. The Morgan fingerprint density at radius 3 is 2.70 bits per heavy atom. The molecule has 0 aliphatic carbocycles. The Kier molecular flexibility index (Phi) is 6.14. The lowest BCUT2D eigenvalue weighted by Gasteiger charge is -2.10. The van der Waals surface area contributed by atoms with Gasteiger partial charge in [-0.25, -0.2) is 18.8 Å². The number of benzene rings is 2. The highest BCUT2D eigenvalue weighted by Crippen LogP contribution is 2.17. The Labute approximate surface area is 156 Å². The summed E-state index contributed by atoms with van der Waals surface area (Å²) in [5.74, 6) is 0.0391. The first kappa shape index (κ1) is 18.6. The van der Waals surface area contributed by atoms with E-state index in [1.54, 1.807) is 6.26 Å². The Morgan fingerprint density at radius 2 is 1.93 bits per heavy atom. The molecule has 0 saturated carbocycles. The number of nitrogens with zero attached hydrogens (tertiary/aromatic N) is 2. The second kappa shape index (κ2) is 8.93. The number of guanidine groups is 1. The summed E-state index contributed by atoms with van der Waals surface area (Å²) in [7, 11) is 0. The third-order valence-electron chi connectivity index (χ3n) is 3.77. The summed E-state index contributed by atoms with van der Waals surface area (Å²) in [6.45, 7) is 2.95. The highest BCUT2D eigenvalue weighted by molar-refractivity contribution is 5.79. The molecule has 0 saturated heterocycles. The van der Waals surface area contributed by atoms with Gasteiger partial charge in [0.05, 0.1) is 18.8 Å². The molecule has 0 spiro atoms. The molecule has 140 valence electrons. The standard InChI is InChI=1S/C20H20F2N4O/c1-2-23-20(24-11-15-10-16(21)8-9-18(15)22)25-12-17-13-27-19(26-17)14-6-4-3-5-7-14/h3-10,13H,2,11-12H2,1H3,(H2,23,24,25). The summed E-state index contributed by atoms with van der Waals surface area (Å²) in [6, 6.07) is 12.9. The van der Waals surface area contributed by atoms with Gasteiger partial charge in [-0.3, -0.25) is 0 Å². The molecule has 2 aromatic carbocycles. The first-order valence-electron chi connectivity index (χ1n) is 8.61. The van der Waals surface area contributed by atoms with Crippen LogP contribution in [-0.4, -0.2) is 17.5 Å². The van der Waals surface area contributed by atoms with Crippen LogP contribution in [-0.2, 0) is 13.1 Å². The Balaban J connectivity index is 1.64. The van der Waals surface area contributed by atoms with Gasteiger partial charge in [0.25, 0.3) is 0 Å². The summed E-state index contributed by atoms with van der Waals surface area (Å²) in [4.78, 5) is 8.73. The number of nitrogens with one attached hydrogen (secondary N) is 2. The third kappa shape index (κ3) is 5.13. The van der Waals surface area contributed by atoms with Crippen molar-refractivity contribution in [3.05, 3.63) is 77.7 Å². The van der Waals surface area contributed by atoms with Gasteiger partial charge in [0.2, 0.25) is 5.89 Å². The summed E-state index contributed by atoms with van der Waals surface area (Å²) < 4.78 is 32.5. The van der Waals surface area contributed by atoms with Crippen LogP contribution in [0.3, 0.4) is 0 Å². The van der Waals surface area contributed by atoms with E-state index in [0.29, 0.717) is 30.6 Å². The molecule has 0 atom stereocenters. The van der Waals surface area contributed by atoms with E-state index in [2.05, 4.69) is 20.6 Å². The van der Waals surface area contributed by atoms with E-state index >= 15 is 0 Å². The lowest BCUT2D eigenvalue weighted by Crippen LogP contribution is -2.36. The van der Waals surface area contributed by atoms with Crippen molar-refractivity contribution in [1.29, 1.82) is 0 Å². The first-order chi connectivity index (χ1) is 13.2. The van der Waals surface area contributed by atoms with Crippen LogP contribution in [0.15, 0.2) is 64.2 Å². The van der Waals surface area contributed by atoms with Gasteiger partial charge in [-0.05, 0) is 37.3 Å². The van der Waals surface area contributed by atoms with E-state index in [1.807, 2.05) is 37.3 Å². The van der Waals surface area contributed by atoms with E-state index in [-0.39, 0.29) is 12.1 Å². The average molecular weight is 370 g/mol. The molecule has 0 amide bonds. The zero-order valence-corrected chi connectivity index (χ0v) is 14.9. The maximum absolute atomic E-state index is 13.7. The molecule has 1 heterocycles. The number of aliphatic imine (C=N–C) groups is 1. The summed E-state index contributed by atoms with van der Waals surface area (Å²) in [6.07, 6.45) is 1.57. The van der Waals surface area contributed by atoms with Gasteiger partial charge in [0, 0.05) is 17.7 Å². The summed E-state index contributed by atoms with van der Waals surface area (Å²) >= 11 is 0. The fourth-order valence-corrected chi connectivity index (χ4v) is 2.45. The molecular weight excluding hydrogens is 350 g/mol. The van der Waals surface area contributed by atoms with Gasteiger partial charge in [0.1, 0.15) is 17.9 Å². The van der Waals surface area contributed by atoms with Crippen molar-refractivity contribution in [2.24, 2.45) is 4.99 Å². The van der Waals surface area contributed by atoms with E-state index in [1.165, 1.54) is 0 Å². The number of hydrogen-bond donors (Lipinski definition) is 2. The quantitative estimate of drug-likeness (QED) is 0.511. The Morgan fingerprint density at radius 1 is 1.11 bits per heavy atom. The van der Waals surface area contributed by atoms with Crippen LogP contribution in [0.2, 0.25) is 0 Å². The molecule has 0 aliphatic heterocycles. The van der Waals surface area contributed by atoms with Crippen LogP contribution < -0.4 is 10.6 Å². The zero-order chi connectivity index (χ0) is 19.1. The predicted molar refractivity (Wildman–Crippen MR) is 100.0 cm³/mol. The third-order valence-corrected chi connectivity index (χ3v) is 3.77. The largest absolute Gasteiger partial charge is 0.444 e. The van der Waals surface area contributed by atoms with Crippen LogP contribution in [0.5, 0.6) is 0 Å². The monoisotopic (exact) mass is 370 g/mol. The Bertz CT molecular complexity index is 909. The van der Waals surface area contributed by atoms with Crippen LogP contribution in [0, 0.1) is 11.6 Å². The normalized spacial score (nSPS) is 11.4. The van der Waals surface area contributed by atoms with Gasteiger partial charge in [-0.15, -0.1) is 0 Å². The van der Waals surface area contributed by atoms with E-state index in [4.69, 9.17) is 4.42 Å². The molecule has 0 unspecified atom stereocenters. The van der Waals surface area contributed by atoms with Gasteiger partial charge in [-0.2, -0.15) is 0 Å². The van der Waals surface area contributed by atoms with Crippen LogP contribution in [0.1, 0.15) is 18.2 Å². The van der Waals surface area contributed by atoms with Crippen molar-refractivity contribution >= 4 is 5.96 Å². The fourth-order valence-electron chi connectivity index (χ4n) is 2.45. The number of aromatic nitrogens is 1. The molecule has 7 heteroatoms. The van der Waals surface area contributed by atoms with E-state index in [0.717, 1.165) is 23.8 Å². The number of hydrogen-bond acceptors (Lipinski definition) is 3. The van der Waals surface area contributed by atoms with Crippen molar-refractivity contribution in [2.45, 2.75) is 20.0 Å². The molecular formula is C20H20F2N4O. The minimum Gasteiger partial charge on any atom is -0.444 e. The van der Waals surface area contributed by atoms with Crippen molar-refractivity contribution in [3.63, 3.8) is 0 Å². The van der Waals surface area contributed by atoms with Crippen LogP contribution >= 0.6 is 0 Å². The Hall–Kier alpha value is -3.22. The molecule has 0 aliphatic rings. The van der Waals surface area contributed by atoms with Crippen molar-refractivity contribution in [1.82, 2.24) is 15.6 Å². The lowest BCUT2D eigenvalue weighted by atomic mass is 10.2. The van der Waals surface area contributed by atoms with Crippen molar-refractivity contribution in [2.75, 3.05) is 6.54 Å². The molecule has 0 fully saturated rings. The minimum absolute atomic E-state index is 0.0208. The molecule has 2 N–H and O–H groups in total. The molecule has 3 aromatic rings. The number of halogens is 2. The topological polar surface area (TPSA) is 62.5 Å². The van der Waals surface area contributed by atoms with Crippen LogP contribution in [0.25, 0.3) is 11.5 Å². The van der Waals surface area contributed by atoms with E-state index < -0.39 is 11.6 Å². The summed E-state index contributed by atoms with van der Waals surface area (Å²) in [5, 5.41) is 6.17. The number of rotatable bonds is 6.